The van der Waals surface area contributed by atoms with Crippen molar-refractivity contribution in [2.24, 2.45) is 10.1 Å². The van der Waals surface area contributed by atoms with Crippen LogP contribution in [0.15, 0.2) is 94.3 Å². The molecule has 0 amide bonds. The van der Waals surface area contributed by atoms with Gasteiger partial charge in [-0.05, 0) is 55.5 Å². The number of aromatic nitrogens is 1. The van der Waals surface area contributed by atoms with E-state index in [-0.39, 0.29) is 12.3 Å². The largest absolute Gasteiger partial charge is 0.497 e. The second-order valence-electron chi connectivity index (χ2n) is 8.69. The van der Waals surface area contributed by atoms with Gasteiger partial charge in [-0.1, -0.05) is 30.3 Å². The summed E-state index contributed by atoms with van der Waals surface area (Å²) in [5.74, 6) is 1.66. The van der Waals surface area contributed by atoms with Crippen molar-refractivity contribution in [3.63, 3.8) is 0 Å². The molecule has 0 radical (unpaired) electrons. The molecule has 3 aromatic carbocycles. The third kappa shape index (κ3) is 4.98. The molecule has 6 rings (SSSR count). The van der Waals surface area contributed by atoms with Crippen LogP contribution in [0, 0.1) is 0 Å². The monoisotopic (exact) mass is 525 g/mol. The van der Waals surface area contributed by atoms with Crippen LogP contribution in [-0.4, -0.2) is 49.1 Å². The topological polar surface area (TPSA) is 83.9 Å². The minimum atomic E-state index is -0.221. The van der Waals surface area contributed by atoms with E-state index in [4.69, 9.17) is 29.3 Å². The Balaban J connectivity index is 1.25. The molecule has 2 aliphatic rings. The zero-order chi connectivity index (χ0) is 25.9. The molecule has 0 bridgehead atoms. The Bertz CT molecular complexity index is 1450. The van der Waals surface area contributed by atoms with E-state index in [0.29, 0.717) is 13.3 Å². The van der Waals surface area contributed by atoms with E-state index in [9.17, 15) is 0 Å². The first-order valence-corrected chi connectivity index (χ1v) is 13.3. The summed E-state index contributed by atoms with van der Waals surface area (Å²) in [6.45, 7) is 3.02. The summed E-state index contributed by atoms with van der Waals surface area (Å²) < 4.78 is 16.9. The van der Waals surface area contributed by atoms with Gasteiger partial charge in [0.1, 0.15) is 23.9 Å². The summed E-state index contributed by atoms with van der Waals surface area (Å²) in [6.07, 6.45) is -0.389. The van der Waals surface area contributed by atoms with Crippen LogP contribution in [0.2, 0.25) is 0 Å². The van der Waals surface area contributed by atoms with Crippen LogP contribution in [0.4, 0.5) is 10.8 Å². The highest BCUT2D eigenvalue weighted by molar-refractivity contribution is 7.14. The molecule has 8 nitrogen and oxygen atoms in total. The van der Waals surface area contributed by atoms with Gasteiger partial charge in [-0.15, -0.1) is 11.3 Å². The number of ether oxygens (including phenoxy) is 3. The number of nitrogens with one attached hydrogen (secondary N) is 1. The van der Waals surface area contributed by atoms with Gasteiger partial charge < -0.3 is 19.5 Å². The molecule has 3 heterocycles. The molecule has 1 fully saturated rings. The van der Waals surface area contributed by atoms with Crippen molar-refractivity contribution in [3.05, 3.63) is 89.8 Å². The number of rotatable bonds is 9. The number of fused-ring (bicyclic) bond motifs is 1. The second-order valence-corrected chi connectivity index (χ2v) is 9.52. The Morgan fingerprint density at radius 2 is 1.74 bits per heavy atom. The summed E-state index contributed by atoms with van der Waals surface area (Å²) >= 11 is 1.54. The lowest BCUT2D eigenvalue weighted by molar-refractivity contribution is 0.340. The van der Waals surface area contributed by atoms with Crippen LogP contribution >= 0.6 is 11.3 Å². The number of methoxy groups -OCH3 is 1. The van der Waals surface area contributed by atoms with E-state index in [2.05, 4.69) is 5.32 Å². The number of hydrazone groups is 1. The van der Waals surface area contributed by atoms with Crippen molar-refractivity contribution in [1.29, 1.82) is 0 Å². The second kappa shape index (κ2) is 10.6. The highest BCUT2D eigenvalue weighted by Crippen LogP contribution is 2.39. The van der Waals surface area contributed by atoms with Crippen molar-refractivity contribution in [2.45, 2.75) is 19.3 Å². The highest BCUT2D eigenvalue weighted by atomic mass is 32.1. The molecule has 4 aromatic rings. The molecule has 9 heteroatoms. The molecule has 0 spiro atoms. The van der Waals surface area contributed by atoms with Crippen molar-refractivity contribution in [3.8, 4) is 22.8 Å². The lowest BCUT2D eigenvalue weighted by atomic mass is 10.0. The molecule has 2 atom stereocenters. The number of thiazole rings is 1. The standard InChI is InChI=1S/C29H27N5O3S/c1-3-36-23-15-11-21(12-16-23)30-18-31-26-25(20-7-5-4-6-8-20)33-34(28-27(26)37-28)29-32-24(17-38-29)19-9-13-22(35-2)14-10-19/h4-17,27-28,30H,3,18H2,1-2H3/b31-26+. The maximum Gasteiger partial charge on any atom is 0.209 e. The first kappa shape index (κ1) is 24.1. The molecule has 1 saturated heterocycles. The molecule has 0 aliphatic carbocycles. The maximum absolute atomic E-state index is 6.09. The zero-order valence-corrected chi connectivity index (χ0v) is 21.9. The fraction of sp³-hybridized carbons (Fsp3) is 0.207. The van der Waals surface area contributed by atoms with Crippen LogP contribution in [0.25, 0.3) is 11.3 Å². The number of hydrogen-bond donors (Lipinski definition) is 1. The van der Waals surface area contributed by atoms with Gasteiger partial charge in [0.2, 0.25) is 5.13 Å². The molecule has 38 heavy (non-hydrogen) atoms. The van der Waals surface area contributed by atoms with Gasteiger partial charge >= 0.3 is 0 Å². The number of hydrogen-bond acceptors (Lipinski definition) is 9. The smallest absolute Gasteiger partial charge is 0.209 e. The van der Waals surface area contributed by atoms with Gasteiger partial charge in [0.25, 0.3) is 0 Å². The van der Waals surface area contributed by atoms with Gasteiger partial charge in [0.05, 0.1) is 25.1 Å². The number of aliphatic imine (C=N–C) groups is 1. The lowest BCUT2D eigenvalue weighted by Crippen LogP contribution is -2.37. The predicted octanol–water partition coefficient (Wildman–Crippen LogP) is 5.68. The van der Waals surface area contributed by atoms with E-state index in [0.717, 1.165) is 50.6 Å². The summed E-state index contributed by atoms with van der Waals surface area (Å²) in [7, 11) is 1.66. The maximum atomic E-state index is 6.09. The summed E-state index contributed by atoms with van der Waals surface area (Å²) in [5, 5.41) is 13.1. The van der Waals surface area contributed by atoms with E-state index in [1.54, 1.807) is 18.4 Å². The molecule has 1 N–H and O–H groups in total. The Kier molecular flexibility index (Phi) is 6.76. The fourth-order valence-electron chi connectivity index (χ4n) is 4.27. The molecule has 0 saturated carbocycles. The van der Waals surface area contributed by atoms with Crippen LogP contribution in [-0.2, 0) is 4.74 Å². The minimum Gasteiger partial charge on any atom is -0.497 e. The third-order valence-corrected chi connectivity index (χ3v) is 7.08. The summed E-state index contributed by atoms with van der Waals surface area (Å²) in [4.78, 5) is 9.74. The van der Waals surface area contributed by atoms with E-state index < -0.39 is 0 Å². The lowest BCUT2D eigenvalue weighted by Gasteiger charge is -2.21. The first-order chi connectivity index (χ1) is 18.7. The van der Waals surface area contributed by atoms with Gasteiger partial charge in [-0.2, -0.15) is 5.10 Å². The van der Waals surface area contributed by atoms with Gasteiger partial charge in [0, 0.05) is 22.2 Å². The van der Waals surface area contributed by atoms with Crippen LogP contribution in [0.3, 0.4) is 0 Å². The fourth-order valence-corrected chi connectivity index (χ4v) is 5.08. The van der Waals surface area contributed by atoms with Gasteiger partial charge in [-0.25, -0.2) is 9.99 Å². The summed E-state index contributed by atoms with van der Waals surface area (Å²) in [6, 6.07) is 25.8. The van der Waals surface area contributed by atoms with Gasteiger partial charge in [-0.3, -0.25) is 4.99 Å². The van der Waals surface area contributed by atoms with Crippen molar-refractivity contribution < 1.29 is 14.2 Å². The Morgan fingerprint density at radius 1 is 0.974 bits per heavy atom. The molecular weight excluding hydrogens is 498 g/mol. The molecule has 2 unspecified atom stereocenters. The van der Waals surface area contributed by atoms with E-state index >= 15 is 0 Å². The van der Waals surface area contributed by atoms with Gasteiger partial charge in [0.15, 0.2) is 12.3 Å². The van der Waals surface area contributed by atoms with Crippen molar-refractivity contribution in [2.75, 3.05) is 30.7 Å². The minimum absolute atomic E-state index is 0.168. The molecule has 2 aliphatic heterocycles. The molecule has 192 valence electrons. The first-order valence-electron chi connectivity index (χ1n) is 12.4. The Labute approximate surface area is 225 Å². The quantitative estimate of drug-likeness (QED) is 0.283. The number of epoxide rings is 1. The Morgan fingerprint density at radius 3 is 2.47 bits per heavy atom. The molecular formula is C29H27N5O3S. The van der Waals surface area contributed by atoms with Crippen LogP contribution in [0.1, 0.15) is 12.5 Å². The van der Waals surface area contributed by atoms with E-state index in [1.165, 1.54) is 0 Å². The number of nitrogens with zero attached hydrogens (tertiary/aromatic N) is 4. The number of anilines is 2. The SMILES string of the molecule is CCOc1ccc(NC/N=C2\C(c3ccccc3)=NN(c3nc(-c4ccc(OC)cc4)cs3)C3OC23)cc1. The Hall–Kier alpha value is -4.21. The average Bonchev–Trinajstić information content (AvgIpc) is 3.62. The van der Waals surface area contributed by atoms with Crippen molar-refractivity contribution in [1.82, 2.24) is 4.98 Å². The van der Waals surface area contributed by atoms with E-state index in [1.807, 2.05) is 96.2 Å². The molecule has 1 aromatic heterocycles. The van der Waals surface area contributed by atoms with Crippen LogP contribution < -0.4 is 19.8 Å². The normalized spacial score (nSPS) is 19.1. The third-order valence-electron chi connectivity index (χ3n) is 6.25. The number of benzene rings is 3. The highest BCUT2D eigenvalue weighted by Gasteiger charge is 2.53. The van der Waals surface area contributed by atoms with Crippen LogP contribution in [0.5, 0.6) is 11.5 Å². The van der Waals surface area contributed by atoms with Crippen molar-refractivity contribution >= 4 is 33.6 Å². The zero-order valence-electron chi connectivity index (χ0n) is 21.1. The predicted molar refractivity (Wildman–Crippen MR) is 152 cm³/mol. The average molecular weight is 526 g/mol. The summed E-state index contributed by atoms with van der Waals surface area (Å²) in [5.41, 5.74) is 5.49.